The largest absolute Gasteiger partial charge is 0.339 e. The van der Waals surface area contributed by atoms with Crippen LogP contribution in [0.4, 0.5) is 11.5 Å². The number of aromatic nitrogens is 2. The highest BCUT2D eigenvalue weighted by Gasteiger charge is 2.15. The summed E-state index contributed by atoms with van der Waals surface area (Å²) in [5.74, 6) is 0.790. The molecule has 0 amide bonds. The summed E-state index contributed by atoms with van der Waals surface area (Å²) in [6, 6.07) is 7.54. The molecule has 0 radical (unpaired) electrons. The third kappa shape index (κ3) is 3.09. The third-order valence-corrected chi connectivity index (χ3v) is 3.56. The van der Waals surface area contributed by atoms with Gasteiger partial charge in [0.1, 0.15) is 23.4 Å². The molecule has 102 valence electrons. The minimum absolute atomic E-state index is 0.170. The van der Waals surface area contributed by atoms with Crippen molar-refractivity contribution in [1.82, 2.24) is 9.97 Å². The maximum absolute atomic E-state index is 9.16. The SMILES string of the molecule is CC(C)c1c(Cl)ncnc1Nc1cc(Br)ccc1C#N. The van der Waals surface area contributed by atoms with Gasteiger partial charge in [0.25, 0.3) is 0 Å². The molecule has 0 aliphatic rings. The Kier molecular flexibility index (Phi) is 4.58. The van der Waals surface area contributed by atoms with E-state index in [1.165, 1.54) is 6.33 Å². The van der Waals surface area contributed by atoms with Crippen molar-refractivity contribution in [2.24, 2.45) is 0 Å². The van der Waals surface area contributed by atoms with Gasteiger partial charge in [-0.2, -0.15) is 5.26 Å². The van der Waals surface area contributed by atoms with E-state index in [4.69, 9.17) is 16.9 Å². The van der Waals surface area contributed by atoms with Crippen LogP contribution in [0, 0.1) is 11.3 Å². The molecule has 0 aliphatic heterocycles. The van der Waals surface area contributed by atoms with Gasteiger partial charge in [0.05, 0.1) is 11.3 Å². The highest BCUT2D eigenvalue weighted by molar-refractivity contribution is 9.10. The Morgan fingerprint density at radius 3 is 2.75 bits per heavy atom. The topological polar surface area (TPSA) is 61.6 Å². The number of nitrogens with zero attached hydrogens (tertiary/aromatic N) is 3. The van der Waals surface area contributed by atoms with Gasteiger partial charge in [0.15, 0.2) is 0 Å². The highest BCUT2D eigenvalue weighted by atomic mass is 79.9. The average molecular weight is 352 g/mol. The van der Waals surface area contributed by atoms with Crippen molar-refractivity contribution >= 4 is 39.0 Å². The van der Waals surface area contributed by atoms with Crippen LogP contribution >= 0.6 is 27.5 Å². The molecule has 0 fully saturated rings. The van der Waals surface area contributed by atoms with E-state index in [-0.39, 0.29) is 5.92 Å². The molecule has 0 aliphatic carbocycles. The number of hydrogen-bond donors (Lipinski definition) is 1. The lowest BCUT2D eigenvalue weighted by molar-refractivity contribution is 0.850. The van der Waals surface area contributed by atoms with E-state index in [2.05, 4.69) is 37.3 Å². The first-order valence-corrected chi connectivity index (χ1v) is 7.17. The normalized spacial score (nSPS) is 10.4. The first-order valence-electron chi connectivity index (χ1n) is 6.00. The van der Waals surface area contributed by atoms with Crippen molar-refractivity contribution in [3.05, 3.63) is 45.3 Å². The Hall–Kier alpha value is -1.64. The van der Waals surface area contributed by atoms with Crippen molar-refractivity contribution in [2.75, 3.05) is 5.32 Å². The molecule has 0 spiro atoms. The second-order valence-corrected chi connectivity index (χ2v) is 5.78. The molecule has 0 saturated carbocycles. The van der Waals surface area contributed by atoms with Crippen LogP contribution in [-0.4, -0.2) is 9.97 Å². The molecule has 6 heteroatoms. The predicted octanol–water partition coefficient (Wildman–Crippen LogP) is 4.63. The number of anilines is 2. The molecule has 2 rings (SSSR count). The molecule has 20 heavy (non-hydrogen) atoms. The van der Waals surface area contributed by atoms with Crippen molar-refractivity contribution in [3.8, 4) is 6.07 Å². The molecule has 0 saturated heterocycles. The van der Waals surface area contributed by atoms with Gasteiger partial charge in [-0.15, -0.1) is 0 Å². The molecule has 1 N–H and O–H groups in total. The molecule has 0 unspecified atom stereocenters. The Labute approximate surface area is 131 Å². The summed E-state index contributed by atoms with van der Waals surface area (Å²) in [6.45, 7) is 4.03. The Balaban J connectivity index is 2.48. The summed E-state index contributed by atoms with van der Waals surface area (Å²) in [6.07, 6.45) is 1.40. The predicted molar refractivity (Wildman–Crippen MR) is 83.3 cm³/mol. The summed E-state index contributed by atoms with van der Waals surface area (Å²) >= 11 is 9.52. The standard InChI is InChI=1S/C14H12BrClN4/c1-8(2)12-13(16)18-7-19-14(12)20-11-5-10(15)4-3-9(11)6-17/h3-5,7-8H,1-2H3,(H,18,19,20). The molecular weight excluding hydrogens is 340 g/mol. The van der Waals surface area contributed by atoms with Crippen LogP contribution in [0.2, 0.25) is 5.15 Å². The maximum atomic E-state index is 9.16. The lowest BCUT2D eigenvalue weighted by atomic mass is 10.1. The van der Waals surface area contributed by atoms with Crippen LogP contribution < -0.4 is 5.32 Å². The fourth-order valence-corrected chi connectivity index (χ4v) is 2.54. The van der Waals surface area contributed by atoms with E-state index in [0.717, 1.165) is 10.0 Å². The first-order chi connectivity index (χ1) is 9.52. The van der Waals surface area contributed by atoms with Crippen LogP contribution in [0.15, 0.2) is 29.0 Å². The number of rotatable bonds is 3. The Morgan fingerprint density at radius 1 is 1.35 bits per heavy atom. The van der Waals surface area contributed by atoms with E-state index in [9.17, 15) is 0 Å². The molecule has 1 aromatic carbocycles. The van der Waals surface area contributed by atoms with E-state index in [0.29, 0.717) is 22.2 Å². The minimum Gasteiger partial charge on any atom is -0.339 e. The second-order valence-electron chi connectivity index (χ2n) is 4.51. The molecule has 0 atom stereocenters. The average Bonchev–Trinajstić information content (AvgIpc) is 2.38. The molecule has 0 bridgehead atoms. The Morgan fingerprint density at radius 2 is 2.10 bits per heavy atom. The summed E-state index contributed by atoms with van der Waals surface area (Å²) in [7, 11) is 0. The highest BCUT2D eigenvalue weighted by Crippen LogP contribution is 2.31. The number of hydrogen-bond acceptors (Lipinski definition) is 4. The van der Waals surface area contributed by atoms with Crippen molar-refractivity contribution in [3.63, 3.8) is 0 Å². The minimum atomic E-state index is 0.170. The van der Waals surface area contributed by atoms with Gasteiger partial charge in [-0.25, -0.2) is 9.97 Å². The zero-order valence-corrected chi connectivity index (χ0v) is 13.3. The van der Waals surface area contributed by atoms with Crippen molar-refractivity contribution in [2.45, 2.75) is 19.8 Å². The summed E-state index contributed by atoms with van der Waals surface area (Å²) in [4.78, 5) is 8.23. The van der Waals surface area contributed by atoms with Crippen molar-refractivity contribution < 1.29 is 0 Å². The number of halogens is 2. The van der Waals surface area contributed by atoms with Crippen LogP contribution in [0.5, 0.6) is 0 Å². The van der Waals surface area contributed by atoms with Gasteiger partial charge in [0, 0.05) is 10.0 Å². The monoisotopic (exact) mass is 350 g/mol. The van der Waals surface area contributed by atoms with Gasteiger partial charge in [-0.05, 0) is 24.1 Å². The van der Waals surface area contributed by atoms with E-state index >= 15 is 0 Å². The summed E-state index contributed by atoms with van der Waals surface area (Å²) in [5.41, 5.74) is 2.05. The summed E-state index contributed by atoms with van der Waals surface area (Å²) < 4.78 is 0.880. The van der Waals surface area contributed by atoms with Crippen LogP contribution in [0.3, 0.4) is 0 Å². The lowest BCUT2D eigenvalue weighted by Crippen LogP contribution is -2.04. The van der Waals surface area contributed by atoms with Crippen LogP contribution in [-0.2, 0) is 0 Å². The van der Waals surface area contributed by atoms with Gasteiger partial charge in [-0.3, -0.25) is 0 Å². The molecule has 4 nitrogen and oxygen atoms in total. The number of benzene rings is 1. The van der Waals surface area contributed by atoms with Gasteiger partial charge >= 0.3 is 0 Å². The zero-order chi connectivity index (χ0) is 14.7. The maximum Gasteiger partial charge on any atom is 0.138 e. The molecular formula is C14H12BrClN4. The molecule has 2 aromatic rings. The van der Waals surface area contributed by atoms with E-state index in [1.807, 2.05) is 26.0 Å². The summed E-state index contributed by atoms with van der Waals surface area (Å²) in [5, 5.41) is 12.7. The quantitative estimate of drug-likeness (QED) is 0.819. The smallest absolute Gasteiger partial charge is 0.138 e. The number of nitrogens with one attached hydrogen (secondary N) is 1. The first kappa shape index (κ1) is 14.8. The lowest BCUT2D eigenvalue weighted by Gasteiger charge is -2.15. The second kappa shape index (κ2) is 6.21. The van der Waals surface area contributed by atoms with Crippen LogP contribution in [0.1, 0.15) is 30.9 Å². The Bertz CT molecular complexity index is 679. The van der Waals surface area contributed by atoms with Gasteiger partial charge in [-0.1, -0.05) is 41.4 Å². The van der Waals surface area contributed by atoms with Crippen molar-refractivity contribution in [1.29, 1.82) is 5.26 Å². The molecule has 1 heterocycles. The van der Waals surface area contributed by atoms with E-state index in [1.54, 1.807) is 6.07 Å². The van der Waals surface area contributed by atoms with E-state index < -0.39 is 0 Å². The fraction of sp³-hybridized carbons (Fsp3) is 0.214. The van der Waals surface area contributed by atoms with Gasteiger partial charge < -0.3 is 5.32 Å². The third-order valence-electron chi connectivity index (χ3n) is 2.77. The zero-order valence-electron chi connectivity index (χ0n) is 11.0. The molecule has 1 aromatic heterocycles. The van der Waals surface area contributed by atoms with Gasteiger partial charge in [0.2, 0.25) is 0 Å². The van der Waals surface area contributed by atoms with Crippen LogP contribution in [0.25, 0.3) is 0 Å². The fourth-order valence-electron chi connectivity index (χ4n) is 1.83. The number of nitriles is 1.